The van der Waals surface area contributed by atoms with Crippen LogP contribution in [0, 0.1) is 5.92 Å². The molecule has 0 radical (unpaired) electrons. The van der Waals surface area contributed by atoms with E-state index < -0.39 is 0 Å². The van der Waals surface area contributed by atoms with Gasteiger partial charge in [0.25, 0.3) is 0 Å². The zero-order valence-corrected chi connectivity index (χ0v) is 12.5. The van der Waals surface area contributed by atoms with E-state index in [0.717, 1.165) is 16.5 Å². The lowest BCUT2D eigenvalue weighted by molar-refractivity contribution is -0.122. The van der Waals surface area contributed by atoms with Crippen molar-refractivity contribution in [3.63, 3.8) is 0 Å². The third-order valence-electron chi connectivity index (χ3n) is 3.01. The molecule has 3 N–H and O–H groups in total. The van der Waals surface area contributed by atoms with Crippen molar-refractivity contribution >= 4 is 21.8 Å². The Balaban J connectivity index is 2.42. The monoisotopic (exact) mass is 312 g/mol. The summed E-state index contributed by atoms with van der Waals surface area (Å²) in [4.78, 5) is 11.8. The minimum absolute atomic E-state index is 0.0405. The Hall–Kier alpha value is -0.870. The fraction of sp³-hybridized carbons (Fsp3) is 0.500. The molecule has 3 nitrogen and oxygen atoms in total. The maximum atomic E-state index is 11.8. The highest BCUT2D eigenvalue weighted by Gasteiger charge is 2.10. The first kappa shape index (κ1) is 15.2. The molecule has 18 heavy (non-hydrogen) atoms. The lowest BCUT2D eigenvalue weighted by Crippen LogP contribution is -2.27. The zero-order chi connectivity index (χ0) is 13.5. The molecule has 0 aromatic heterocycles. The van der Waals surface area contributed by atoms with E-state index in [1.807, 2.05) is 31.2 Å². The summed E-state index contributed by atoms with van der Waals surface area (Å²) in [7, 11) is 0. The van der Waals surface area contributed by atoms with Crippen molar-refractivity contribution in [1.82, 2.24) is 5.32 Å². The van der Waals surface area contributed by atoms with Gasteiger partial charge in [0, 0.05) is 10.9 Å². The van der Waals surface area contributed by atoms with E-state index in [4.69, 9.17) is 5.73 Å². The van der Waals surface area contributed by atoms with Crippen LogP contribution in [0.25, 0.3) is 0 Å². The lowest BCUT2D eigenvalue weighted by atomic mass is 10.0. The van der Waals surface area contributed by atoms with Crippen molar-refractivity contribution in [3.8, 4) is 0 Å². The maximum Gasteiger partial charge on any atom is 0.220 e. The number of halogens is 1. The molecule has 1 amide bonds. The smallest absolute Gasteiger partial charge is 0.220 e. The van der Waals surface area contributed by atoms with Crippen LogP contribution >= 0.6 is 15.9 Å². The lowest BCUT2D eigenvalue weighted by Gasteiger charge is -2.15. The summed E-state index contributed by atoms with van der Waals surface area (Å²) < 4.78 is 1.04. The number of hydrogen-bond donors (Lipinski definition) is 2. The summed E-state index contributed by atoms with van der Waals surface area (Å²) >= 11 is 3.39. The number of nitrogens with one attached hydrogen (secondary N) is 1. The predicted octanol–water partition coefficient (Wildman–Crippen LogP) is 3.00. The van der Waals surface area contributed by atoms with Crippen LogP contribution in [0.2, 0.25) is 0 Å². The van der Waals surface area contributed by atoms with E-state index in [0.29, 0.717) is 18.9 Å². The Bertz CT molecular complexity index is 378. The van der Waals surface area contributed by atoms with Crippen LogP contribution in [0.1, 0.15) is 38.3 Å². The van der Waals surface area contributed by atoms with Crippen molar-refractivity contribution < 1.29 is 4.79 Å². The summed E-state index contributed by atoms with van der Waals surface area (Å²) in [6.45, 7) is 4.69. The molecule has 100 valence electrons. The van der Waals surface area contributed by atoms with Gasteiger partial charge in [-0.1, -0.05) is 35.0 Å². The largest absolute Gasteiger partial charge is 0.350 e. The fourth-order valence-electron chi connectivity index (χ4n) is 1.64. The van der Waals surface area contributed by atoms with Crippen LogP contribution in [0.3, 0.4) is 0 Å². The van der Waals surface area contributed by atoms with Crippen LogP contribution in [0.5, 0.6) is 0 Å². The Morgan fingerprint density at radius 1 is 1.33 bits per heavy atom. The van der Waals surface area contributed by atoms with E-state index in [-0.39, 0.29) is 11.9 Å². The Kier molecular flexibility index (Phi) is 6.36. The minimum atomic E-state index is 0.0405. The third-order valence-corrected chi connectivity index (χ3v) is 3.54. The first-order valence-corrected chi connectivity index (χ1v) is 7.07. The Morgan fingerprint density at radius 3 is 2.50 bits per heavy atom. The van der Waals surface area contributed by atoms with Gasteiger partial charge in [-0.05, 0) is 43.5 Å². The molecule has 0 aliphatic carbocycles. The van der Waals surface area contributed by atoms with Gasteiger partial charge < -0.3 is 11.1 Å². The average Bonchev–Trinajstić information content (AvgIpc) is 2.36. The van der Waals surface area contributed by atoms with E-state index >= 15 is 0 Å². The second kappa shape index (κ2) is 7.54. The van der Waals surface area contributed by atoms with Crippen molar-refractivity contribution in [2.24, 2.45) is 11.7 Å². The van der Waals surface area contributed by atoms with Gasteiger partial charge in [-0.2, -0.15) is 0 Å². The summed E-state index contributed by atoms with van der Waals surface area (Å²) in [5, 5.41) is 3.00. The highest BCUT2D eigenvalue weighted by atomic mass is 79.9. The molecular weight excluding hydrogens is 292 g/mol. The highest BCUT2D eigenvalue weighted by molar-refractivity contribution is 9.10. The molecule has 0 bridgehead atoms. The molecule has 0 fully saturated rings. The number of nitrogens with two attached hydrogens (primary N) is 1. The predicted molar refractivity (Wildman–Crippen MR) is 78.2 cm³/mol. The molecule has 0 aliphatic heterocycles. The normalized spacial score (nSPS) is 14.0. The molecule has 0 spiro atoms. The van der Waals surface area contributed by atoms with E-state index in [2.05, 4.69) is 28.2 Å². The molecule has 4 heteroatoms. The molecule has 0 aliphatic rings. The maximum absolute atomic E-state index is 11.8. The van der Waals surface area contributed by atoms with Gasteiger partial charge in [0.05, 0.1) is 6.04 Å². The van der Waals surface area contributed by atoms with Crippen molar-refractivity contribution in [3.05, 3.63) is 34.3 Å². The van der Waals surface area contributed by atoms with Gasteiger partial charge in [-0.3, -0.25) is 4.79 Å². The number of carbonyl (C=O) groups excluding carboxylic acids is 1. The Morgan fingerprint density at radius 2 is 1.94 bits per heavy atom. The number of benzene rings is 1. The van der Waals surface area contributed by atoms with Crippen LogP contribution in [0.15, 0.2) is 28.7 Å². The van der Waals surface area contributed by atoms with E-state index in [1.54, 1.807) is 0 Å². The van der Waals surface area contributed by atoms with Crippen LogP contribution in [-0.4, -0.2) is 12.5 Å². The van der Waals surface area contributed by atoms with Crippen molar-refractivity contribution in [2.75, 3.05) is 6.54 Å². The molecule has 2 atom stereocenters. The van der Waals surface area contributed by atoms with Gasteiger partial charge in [0.15, 0.2) is 0 Å². The van der Waals surface area contributed by atoms with Gasteiger partial charge in [0.1, 0.15) is 0 Å². The second-order valence-corrected chi connectivity index (χ2v) is 5.64. The SMILES string of the molecule is CC(CN)CCC(=O)N[C@@H](C)c1ccc(Br)cc1. The van der Waals surface area contributed by atoms with Gasteiger partial charge in [-0.15, -0.1) is 0 Å². The highest BCUT2D eigenvalue weighted by Crippen LogP contribution is 2.16. The van der Waals surface area contributed by atoms with Crippen molar-refractivity contribution in [2.45, 2.75) is 32.7 Å². The first-order valence-electron chi connectivity index (χ1n) is 6.27. The topological polar surface area (TPSA) is 55.1 Å². The Labute approximate surface area is 117 Å². The number of rotatable bonds is 6. The summed E-state index contributed by atoms with van der Waals surface area (Å²) in [5.41, 5.74) is 6.64. The van der Waals surface area contributed by atoms with Crippen LogP contribution in [0.4, 0.5) is 0 Å². The number of amides is 1. The molecule has 0 heterocycles. The molecule has 1 rings (SSSR count). The average molecular weight is 313 g/mol. The quantitative estimate of drug-likeness (QED) is 0.848. The standard InChI is InChI=1S/C14H21BrN2O/c1-10(9-16)3-8-14(18)17-11(2)12-4-6-13(15)7-5-12/h4-7,10-11H,3,8-9,16H2,1-2H3,(H,17,18)/t10?,11-/m0/s1. The molecule has 1 aromatic carbocycles. The summed E-state index contributed by atoms with van der Waals surface area (Å²) in [5.74, 6) is 0.490. The number of carbonyl (C=O) groups is 1. The van der Waals surface area contributed by atoms with E-state index in [9.17, 15) is 4.79 Å². The van der Waals surface area contributed by atoms with Crippen molar-refractivity contribution in [1.29, 1.82) is 0 Å². The molecule has 0 saturated heterocycles. The van der Waals surface area contributed by atoms with Gasteiger partial charge in [-0.25, -0.2) is 0 Å². The molecule has 1 unspecified atom stereocenters. The summed E-state index contributed by atoms with van der Waals surface area (Å²) in [6, 6.07) is 8.02. The van der Waals surface area contributed by atoms with Gasteiger partial charge >= 0.3 is 0 Å². The van der Waals surface area contributed by atoms with Gasteiger partial charge in [0.2, 0.25) is 5.91 Å². The molecule has 1 aromatic rings. The molecular formula is C14H21BrN2O. The summed E-state index contributed by atoms with van der Waals surface area (Å²) in [6.07, 6.45) is 1.38. The second-order valence-electron chi connectivity index (χ2n) is 4.72. The zero-order valence-electron chi connectivity index (χ0n) is 10.9. The third kappa shape index (κ3) is 5.19. The van der Waals surface area contributed by atoms with Crippen LogP contribution < -0.4 is 11.1 Å². The fourth-order valence-corrected chi connectivity index (χ4v) is 1.91. The first-order chi connectivity index (χ1) is 8.52. The van der Waals surface area contributed by atoms with Crippen LogP contribution in [-0.2, 0) is 4.79 Å². The van der Waals surface area contributed by atoms with E-state index in [1.165, 1.54) is 0 Å². The molecule has 0 saturated carbocycles. The number of hydrogen-bond acceptors (Lipinski definition) is 2. The minimum Gasteiger partial charge on any atom is -0.350 e.